The number of rotatable bonds is 6. The summed E-state index contributed by atoms with van der Waals surface area (Å²) < 4.78 is 6.35. The second-order valence-electron chi connectivity index (χ2n) is 2.02. The van der Waals surface area contributed by atoms with Crippen LogP contribution in [0.3, 0.4) is 0 Å². The Kier molecular flexibility index (Phi) is 5.29. The van der Waals surface area contributed by atoms with Crippen LogP contribution in [-0.4, -0.2) is 6.29 Å². The first-order valence-corrected chi connectivity index (χ1v) is 3.54. The predicted molar refractivity (Wildman–Crippen MR) is 41.3 cm³/mol. The molecule has 0 aliphatic heterocycles. The molecule has 1 atom stereocenters. The minimum atomic E-state index is -0.546. The summed E-state index contributed by atoms with van der Waals surface area (Å²) in [4.78, 5) is 0. The van der Waals surface area contributed by atoms with E-state index in [1.54, 1.807) is 0 Å². The molecule has 0 bridgehead atoms. The van der Waals surface area contributed by atoms with E-state index in [1.165, 1.54) is 10.8 Å². The second kappa shape index (κ2) is 5.80. The van der Waals surface area contributed by atoms with Crippen molar-refractivity contribution in [3.8, 4) is 0 Å². The van der Waals surface area contributed by atoms with Crippen molar-refractivity contribution in [1.82, 2.24) is 0 Å². The smallest absolute Gasteiger partial charge is 0.345 e. The molecule has 0 aromatic heterocycles. The van der Waals surface area contributed by atoms with Gasteiger partial charge in [0.2, 0.25) is 6.26 Å². The first-order chi connectivity index (χ1) is 5.26. The summed E-state index contributed by atoms with van der Waals surface area (Å²) in [5.74, 6) is 0. The summed E-state index contributed by atoms with van der Waals surface area (Å²) in [5, 5.41) is 10.8. The average molecular weight is 158 g/mol. The fraction of sp³-hybridized carbons (Fsp3) is 0.500. The molecule has 0 heterocycles. The van der Waals surface area contributed by atoms with Crippen LogP contribution in [0.15, 0.2) is 25.7 Å². The maximum Gasteiger partial charge on any atom is 0.345 e. The standard InChI is InChI=1S/C8H14O3/c1-4-7-8(10-5-2)11(9)6-3/h5-6,8H,2-4,7H2,1H3. The summed E-state index contributed by atoms with van der Waals surface area (Å²) >= 11 is 0. The molecule has 3 heteroatoms. The second-order valence-corrected chi connectivity index (χ2v) is 2.02. The molecule has 0 aliphatic rings. The van der Waals surface area contributed by atoms with Gasteiger partial charge in [0, 0.05) is 0 Å². The lowest BCUT2D eigenvalue weighted by Crippen LogP contribution is -2.32. The Morgan fingerprint density at radius 2 is 2.27 bits per heavy atom. The average Bonchev–Trinajstić information content (AvgIpc) is 2.03. The van der Waals surface area contributed by atoms with Gasteiger partial charge in [0.05, 0.1) is 12.7 Å². The Balaban J connectivity index is 3.84. The van der Waals surface area contributed by atoms with Crippen molar-refractivity contribution in [1.29, 1.82) is 0 Å². The molecule has 0 aliphatic carbocycles. The Morgan fingerprint density at radius 1 is 1.64 bits per heavy atom. The van der Waals surface area contributed by atoms with Gasteiger partial charge in [0.25, 0.3) is 0 Å². The molecule has 11 heavy (non-hydrogen) atoms. The van der Waals surface area contributed by atoms with Crippen LogP contribution >= 0.6 is 0 Å². The van der Waals surface area contributed by atoms with Gasteiger partial charge in [-0.2, -0.15) is 0 Å². The van der Waals surface area contributed by atoms with E-state index in [4.69, 9.17) is 4.74 Å². The first-order valence-electron chi connectivity index (χ1n) is 3.54. The van der Waals surface area contributed by atoms with Gasteiger partial charge in [-0.1, -0.05) is 13.5 Å². The normalized spacial score (nSPS) is 11.8. The third-order valence-corrected chi connectivity index (χ3v) is 1.20. The maximum absolute atomic E-state index is 10.8. The number of ether oxygens (including phenoxy) is 1. The molecular weight excluding hydrogens is 144 g/mol. The van der Waals surface area contributed by atoms with Crippen molar-refractivity contribution in [2.75, 3.05) is 0 Å². The highest BCUT2D eigenvalue weighted by atomic mass is 17.2. The van der Waals surface area contributed by atoms with E-state index in [2.05, 4.69) is 13.2 Å². The maximum atomic E-state index is 10.8. The highest BCUT2D eigenvalue weighted by Crippen LogP contribution is 2.08. The molecule has 1 unspecified atom stereocenters. The van der Waals surface area contributed by atoms with Crippen LogP contribution in [0.2, 0.25) is 0 Å². The fourth-order valence-electron chi connectivity index (χ4n) is 0.689. The molecule has 64 valence electrons. The zero-order chi connectivity index (χ0) is 8.69. The Morgan fingerprint density at radius 3 is 2.64 bits per heavy atom. The molecular formula is C8H14O3. The SMILES string of the molecule is C=COC(CCC)[O+]([O-])C=C. The van der Waals surface area contributed by atoms with Gasteiger partial charge in [-0.25, -0.2) is 0 Å². The summed E-state index contributed by atoms with van der Waals surface area (Å²) in [6, 6.07) is 0. The molecule has 0 radical (unpaired) electrons. The monoisotopic (exact) mass is 158 g/mol. The lowest BCUT2D eigenvalue weighted by Gasteiger charge is -2.28. The fourth-order valence-corrected chi connectivity index (χ4v) is 0.689. The molecule has 0 rings (SSSR count). The van der Waals surface area contributed by atoms with E-state index in [-0.39, 0.29) is 0 Å². The molecule has 0 N–H and O–H groups in total. The van der Waals surface area contributed by atoms with Crippen molar-refractivity contribution in [3.05, 3.63) is 25.7 Å². The van der Waals surface area contributed by atoms with E-state index in [1.807, 2.05) is 6.92 Å². The number of hydrogen-bond acceptors (Lipinski definition) is 2. The van der Waals surface area contributed by atoms with E-state index >= 15 is 0 Å². The van der Waals surface area contributed by atoms with E-state index in [9.17, 15) is 5.26 Å². The molecule has 0 saturated carbocycles. The summed E-state index contributed by atoms with van der Waals surface area (Å²) in [6.45, 7) is 8.64. The lowest BCUT2D eigenvalue weighted by atomic mass is 10.3. The minimum absolute atomic E-state index is 0.546. The van der Waals surface area contributed by atoms with Gasteiger partial charge in [-0.05, 0) is 13.0 Å². The van der Waals surface area contributed by atoms with Crippen molar-refractivity contribution in [2.45, 2.75) is 26.1 Å². The van der Waals surface area contributed by atoms with Gasteiger partial charge >= 0.3 is 6.29 Å². The topological polar surface area (TPSA) is 35.0 Å². The number of hydrogen-bond donors (Lipinski definition) is 0. The van der Waals surface area contributed by atoms with Crippen LogP contribution in [-0.2, 0) is 9.25 Å². The summed E-state index contributed by atoms with van der Waals surface area (Å²) in [5.41, 5.74) is 0. The van der Waals surface area contributed by atoms with Gasteiger partial charge in [-0.15, -0.1) is 0 Å². The molecule has 0 fully saturated rings. The molecule has 0 aromatic carbocycles. The van der Waals surface area contributed by atoms with Crippen LogP contribution in [0, 0.1) is 0 Å². The Labute approximate surface area is 67.2 Å². The van der Waals surface area contributed by atoms with E-state index in [0.29, 0.717) is 6.42 Å². The van der Waals surface area contributed by atoms with Crippen LogP contribution < -0.4 is 5.26 Å². The lowest BCUT2D eigenvalue weighted by molar-refractivity contribution is -0.796. The van der Waals surface area contributed by atoms with E-state index in [0.717, 1.165) is 12.7 Å². The van der Waals surface area contributed by atoms with Crippen LogP contribution in [0.4, 0.5) is 0 Å². The van der Waals surface area contributed by atoms with Crippen LogP contribution in [0.5, 0.6) is 0 Å². The van der Waals surface area contributed by atoms with Crippen LogP contribution in [0.1, 0.15) is 19.8 Å². The van der Waals surface area contributed by atoms with Gasteiger partial charge in [0.15, 0.2) is 0 Å². The van der Waals surface area contributed by atoms with Gasteiger partial charge in [0.1, 0.15) is 0 Å². The summed E-state index contributed by atoms with van der Waals surface area (Å²) in [7, 11) is 0. The minimum Gasteiger partial charge on any atom is -0.540 e. The van der Waals surface area contributed by atoms with Crippen molar-refractivity contribution in [3.63, 3.8) is 0 Å². The zero-order valence-electron chi connectivity index (χ0n) is 6.79. The third kappa shape index (κ3) is 3.68. The largest absolute Gasteiger partial charge is 0.540 e. The zero-order valence-corrected chi connectivity index (χ0v) is 6.79. The van der Waals surface area contributed by atoms with Crippen molar-refractivity contribution < 1.29 is 14.5 Å². The van der Waals surface area contributed by atoms with Crippen LogP contribution in [0.25, 0.3) is 0 Å². The Hall–Kier alpha value is -0.960. The molecule has 3 nitrogen and oxygen atoms in total. The molecule has 0 spiro atoms. The van der Waals surface area contributed by atoms with Crippen molar-refractivity contribution >= 4 is 0 Å². The third-order valence-electron chi connectivity index (χ3n) is 1.20. The van der Waals surface area contributed by atoms with Gasteiger partial charge < -0.3 is 14.5 Å². The highest BCUT2D eigenvalue weighted by Gasteiger charge is 2.13. The van der Waals surface area contributed by atoms with Crippen molar-refractivity contribution in [2.24, 2.45) is 0 Å². The first kappa shape index (κ1) is 10.0. The Bertz CT molecular complexity index is 123. The highest BCUT2D eigenvalue weighted by molar-refractivity contribution is 4.59. The predicted octanol–water partition coefficient (Wildman–Crippen LogP) is 1.24. The van der Waals surface area contributed by atoms with Gasteiger partial charge in [-0.3, -0.25) is 0 Å². The molecule has 0 aromatic rings. The quantitative estimate of drug-likeness (QED) is 0.192. The molecule has 0 amide bonds. The van der Waals surface area contributed by atoms with E-state index < -0.39 is 6.29 Å². The summed E-state index contributed by atoms with van der Waals surface area (Å²) in [6.07, 6.45) is 3.34. The molecule has 0 saturated heterocycles.